The van der Waals surface area contributed by atoms with Gasteiger partial charge in [-0.15, -0.1) is 0 Å². The van der Waals surface area contributed by atoms with E-state index < -0.39 is 6.29 Å². The van der Waals surface area contributed by atoms with Crippen molar-refractivity contribution in [1.29, 1.82) is 0 Å². The third kappa shape index (κ3) is 4.73. The van der Waals surface area contributed by atoms with Gasteiger partial charge in [0.05, 0.1) is 6.61 Å². The molecule has 0 amide bonds. The minimum Gasteiger partial charge on any atom is -0.368 e. The number of rotatable bonds is 4. The smallest absolute Gasteiger partial charge is 0.159 e. The first-order valence-electron chi connectivity index (χ1n) is 4.67. The lowest BCUT2D eigenvalue weighted by Gasteiger charge is -2.26. The van der Waals surface area contributed by atoms with E-state index in [2.05, 4.69) is 13.8 Å². The van der Waals surface area contributed by atoms with Crippen LogP contribution in [0.2, 0.25) is 0 Å². The number of aliphatic hydroxyl groups excluding tert-OH is 1. The summed E-state index contributed by atoms with van der Waals surface area (Å²) >= 11 is 0. The second-order valence-corrected chi connectivity index (χ2v) is 4.57. The fourth-order valence-electron chi connectivity index (χ4n) is 0.623. The normalized spacial score (nSPS) is 17.5. The molecule has 2 atom stereocenters. The van der Waals surface area contributed by atoms with E-state index in [1.54, 1.807) is 0 Å². The number of aliphatic hydroxyl groups is 1. The number of ether oxygens (including phenoxy) is 1. The largest absolute Gasteiger partial charge is 0.368 e. The Balaban J connectivity index is 3.64. The Kier molecular flexibility index (Phi) is 4.80. The molecule has 0 spiro atoms. The van der Waals surface area contributed by atoms with E-state index in [0.717, 1.165) is 6.42 Å². The van der Waals surface area contributed by atoms with Crippen molar-refractivity contribution in [3.8, 4) is 0 Å². The standard InChI is InChI=1S/C10H22O2/c1-6-8(2)7-12-9(11)10(3,4)5/h8-9,11H,6-7H2,1-5H3. The molecule has 0 aliphatic heterocycles. The summed E-state index contributed by atoms with van der Waals surface area (Å²) < 4.78 is 5.31. The molecule has 2 nitrogen and oxygen atoms in total. The van der Waals surface area contributed by atoms with Crippen LogP contribution < -0.4 is 0 Å². The summed E-state index contributed by atoms with van der Waals surface area (Å²) in [5.74, 6) is 0.530. The third-order valence-electron chi connectivity index (χ3n) is 1.98. The van der Waals surface area contributed by atoms with E-state index in [1.165, 1.54) is 0 Å². The molecule has 0 saturated carbocycles. The van der Waals surface area contributed by atoms with Crippen molar-refractivity contribution in [3.63, 3.8) is 0 Å². The summed E-state index contributed by atoms with van der Waals surface area (Å²) in [7, 11) is 0. The molecule has 0 aromatic rings. The predicted molar refractivity (Wildman–Crippen MR) is 50.9 cm³/mol. The van der Waals surface area contributed by atoms with Crippen molar-refractivity contribution < 1.29 is 9.84 Å². The van der Waals surface area contributed by atoms with Gasteiger partial charge in [-0.05, 0) is 5.92 Å². The van der Waals surface area contributed by atoms with Gasteiger partial charge in [-0.3, -0.25) is 0 Å². The molecule has 0 aliphatic rings. The fraction of sp³-hybridized carbons (Fsp3) is 1.00. The van der Waals surface area contributed by atoms with Crippen LogP contribution in [0.4, 0.5) is 0 Å². The molecule has 74 valence electrons. The van der Waals surface area contributed by atoms with Crippen LogP contribution in [0.3, 0.4) is 0 Å². The zero-order chi connectivity index (χ0) is 9.78. The summed E-state index contributed by atoms with van der Waals surface area (Å²) in [6.07, 6.45) is 0.447. The van der Waals surface area contributed by atoms with E-state index in [1.807, 2.05) is 20.8 Å². The zero-order valence-electron chi connectivity index (χ0n) is 8.92. The fourth-order valence-corrected chi connectivity index (χ4v) is 0.623. The van der Waals surface area contributed by atoms with E-state index in [-0.39, 0.29) is 5.41 Å². The van der Waals surface area contributed by atoms with Gasteiger partial charge in [0.2, 0.25) is 0 Å². The van der Waals surface area contributed by atoms with Crippen LogP contribution in [0.5, 0.6) is 0 Å². The Morgan fingerprint density at radius 2 is 1.83 bits per heavy atom. The van der Waals surface area contributed by atoms with Gasteiger partial charge in [-0.1, -0.05) is 41.0 Å². The first-order chi connectivity index (χ1) is 5.38. The highest BCUT2D eigenvalue weighted by molar-refractivity contribution is 4.64. The van der Waals surface area contributed by atoms with E-state index in [4.69, 9.17) is 4.74 Å². The van der Waals surface area contributed by atoms with Crippen LogP contribution >= 0.6 is 0 Å². The maximum absolute atomic E-state index is 9.51. The van der Waals surface area contributed by atoms with Gasteiger partial charge in [0.1, 0.15) is 0 Å². The maximum Gasteiger partial charge on any atom is 0.159 e. The van der Waals surface area contributed by atoms with Gasteiger partial charge in [-0.2, -0.15) is 0 Å². The number of hydrogen-bond donors (Lipinski definition) is 1. The Bertz CT molecular complexity index is 115. The van der Waals surface area contributed by atoms with Gasteiger partial charge in [0.15, 0.2) is 6.29 Å². The highest BCUT2D eigenvalue weighted by Gasteiger charge is 2.22. The first-order valence-corrected chi connectivity index (χ1v) is 4.67. The average Bonchev–Trinajstić information content (AvgIpc) is 1.97. The lowest BCUT2D eigenvalue weighted by Crippen LogP contribution is -2.30. The highest BCUT2D eigenvalue weighted by Crippen LogP contribution is 2.20. The molecule has 0 radical (unpaired) electrons. The molecule has 0 aromatic carbocycles. The van der Waals surface area contributed by atoms with E-state index >= 15 is 0 Å². The Morgan fingerprint density at radius 1 is 1.33 bits per heavy atom. The molecular weight excluding hydrogens is 152 g/mol. The van der Waals surface area contributed by atoms with Crippen LogP contribution in [-0.4, -0.2) is 18.0 Å². The summed E-state index contributed by atoms with van der Waals surface area (Å²) in [6.45, 7) is 10.8. The molecule has 0 heterocycles. The van der Waals surface area contributed by atoms with Crippen molar-refractivity contribution in [2.24, 2.45) is 11.3 Å². The van der Waals surface area contributed by atoms with Crippen molar-refractivity contribution in [2.45, 2.75) is 47.3 Å². The van der Waals surface area contributed by atoms with Crippen LogP contribution in [0.1, 0.15) is 41.0 Å². The zero-order valence-corrected chi connectivity index (χ0v) is 8.92. The van der Waals surface area contributed by atoms with E-state index in [0.29, 0.717) is 12.5 Å². The minimum atomic E-state index is -0.647. The third-order valence-corrected chi connectivity index (χ3v) is 1.98. The molecule has 2 unspecified atom stereocenters. The Hall–Kier alpha value is -0.0800. The second-order valence-electron chi connectivity index (χ2n) is 4.57. The van der Waals surface area contributed by atoms with Gasteiger partial charge < -0.3 is 9.84 Å². The highest BCUT2D eigenvalue weighted by atomic mass is 16.6. The van der Waals surface area contributed by atoms with Crippen molar-refractivity contribution in [3.05, 3.63) is 0 Å². The molecule has 0 aliphatic carbocycles. The van der Waals surface area contributed by atoms with Crippen molar-refractivity contribution >= 4 is 0 Å². The molecule has 0 saturated heterocycles. The van der Waals surface area contributed by atoms with Gasteiger partial charge in [0.25, 0.3) is 0 Å². The molecule has 2 heteroatoms. The van der Waals surface area contributed by atoms with Crippen molar-refractivity contribution in [2.75, 3.05) is 6.61 Å². The maximum atomic E-state index is 9.51. The number of hydrogen-bond acceptors (Lipinski definition) is 2. The molecule has 0 rings (SSSR count). The SMILES string of the molecule is CCC(C)COC(O)C(C)(C)C. The van der Waals surface area contributed by atoms with Crippen molar-refractivity contribution in [1.82, 2.24) is 0 Å². The Morgan fingerprint density at radius 3 is 2.17 bits per heavy atom. The van der Waals surface area contributed by atoms with Gasteiger partial charge >= 0.3 is 0 Å². The monoisotopic (exact) mass is 174 g/mol. The first kappa shape index (κ1) is 11.9. The Labute approximate surface area is 75.9 Å². The summed E-state index contributed by atoms with van der Waals surface area (Å²) in [6, 6.07) is 0. The summed E-state index contributed by atoms with van der Waals surface area (Å²) in [5, 5.41) is 9.51. The summed E-state index contributed by atoms with van der Waals surface area (Å²) in [4.78, 5) is 0. The predicted octanol–water partition coefficient (Wildman–Crippen LogP) is 2.41. The minimum absolute atomic E-state index is 0.173. The van der Waals surface area contributed by atoms with E-state index in [9.17, 15) is 5.11 Å². The summed E-state index contributed by atoms with van der Waals surface area (Å²) in [5.41, 5.74) is -0.173. The molecule has 0 bridgehead atoms. The molecule has 0 fully saturated rings. The van der Waals surface area contributed by atoms with Crippen LogP contribution in [0, 0.1) is 11.3 Å². The lowest BCUT2D eigenvalue weighted by molar-refractivity contribution is -0.165. The lowest BCUT2D eigenvalue weighted by atomic mass is 9.96. The van der Waals surface area contributed by atoms with Crippen LogP contribution in [0.15, 0.2) is 0 Å². The molecule has 0 aromatic heterocycles. The van der Waals surface area contributed by atoms with Gasteiger partial charge in [-0.25, -0.2) is 0 Å². The molecule has 12 heavy (non-hydrogen) atoms. The topological polar surface area (TPSA) is 29.5 Å². The van der Waals surface area contributed by atoms with Crippen LogP contribution in [-0.2, 0) is 4.74 Å². The molecule has 1 N–H and O–H groups in total. The molecular formula is C10H22O2. The van der Waals surface area contributed by atoms with Gasteiger partial charge in [0, 0.05) is 5.41 Å². The second kappa shape index (κ2) is 4.83. The quantitative estimate of drug-likeness (QED) is 0.663. The van der Waals surface area contributed by atoms with Crippen LogP contribution in [0.25, 0.3) is 0 Å². The average molecular weight is 174 g/mol.